The van der Waals surface area contributed by atoms with Crippen molar-refractivity contribution in [3.63, 3.8) is 0 Å². The molecule has 1 aliphatic rings. The van der Waals surface area contributed by atoms with Crippen LogP contribution in [0.15, 0.2) is 77.2 Å². The van der Waals surface area contributed by atoms with Crippen LogP contribution in [0.3, 0.4) is 0 Å². The van der Waals surface area contributed by atoms with Crippen LogP contribution in [0, 0.1) is 0 Å². The Bertz CT molecular complexity index is 1550. The molecule has 3 aromatic rings. The lowest BCUT2D eigenvalue weighted by Crippen LogP contribution is -2.36. The zero-order valence-electron chi connectivity index (χ0n) is 26.5. The summed E-state index contributed by atoms with van der Waals surface area (Å²) in [5.74, 6) is 0.521. The number of aromatic nitrogens is 1. The van der Waals surface area contributed by atoms with Crippen molar-refractivity contribution >= 4 is 34.7 Å². The van der Waals surface area contributed by atoms with Gasteiger partial charge in [0.05, 0.1) is 17.3 Å². The van der Waals surface area contributed by atoms with Gasteiger partial charge in [-0.15, -0.1) is 0 Å². The fourth-order valence-corrected chi connectivity index (χ4v) is 5.19. The maximum absolute atomic E-state index is 13.6. The SMILES string of the molecule is C=CN(C)CCNC(=NCCN(C)C)c1ccc(CNC(=O)Cn2c(-c3cccc(N)c3)c(Cl)cc(NC3CCC3)c2=O)cc1. The number of rotatable bonds is 15. The van der Waals surface area contributed by atoms with Gasteiger partial charge < -0.3 is 31.5 Å². The first-order chi connectivity index (χ1) is 21.6. The molecule has 10 nitrogen and oxygen atoms in total. The molecule has 11 heteroatoms. The number of aliphatic imine (C=N–C) groups is 1. The molecule has 2 aromatic carbocycles. The van der Waals surface area contributed by atoms with Gasteiger partial charge in [-0.05, 0) is 63.3 Å². The third kappa shape index (κ3) is 9.60. The van der Waals surface area contributed by atoms with Gasteiger partial charge in [-0.2, -0.15) is 0 Å². The van der Waals surface area contributed by atoms with Crippen LogP contribution in [-0.2, 0) is 17.9 Å². The molecule has 0 aliphatic heterocycles. The maximum Gasteiger partial charge on any atom is 0.274 e. The predicted octanol–water partition coefficient (Wildman–Crippen LogP) is 4.00. The molecule has 1 heterocycles. The lowest BCUT2D eigenvalue weighted by molar-refractivity contribution is -0.121. The van der Waals surface area contributed by atoms with Crippen LogP contribution in [0.25, 0.3) is 11.3 Å². The Labute approximate surface area is 271 Å². The highest BCUT2D eigenvalue weighted by atomic mass is 35.5. The highest BCUT2D eigenvalue weighted by Crippen LogP contribution is 2.31. The third-order valence-corrected chi connectivity index (χ3v) is 8.06. The minimum atomic E-state index is -0.304. The van der Waals surface area contributed by atoms with E-state index in [-0.39, 0.29) is 24.1 Å². The second-order valence-corrected chi connectivity index (χ2v) is 12.0. The van der Waals surface area contributed by atoms with Crippen molar-refractivity contribution in [2.75, 3.05) is 58.4 Å². The Morgan fingerprint density at radius 2 is 1.87 bits per heavy atom. The van der Waals surface area contributed by atoms with Crippen LogP contribution in [0.5, 0.6) is 0 Å². The number of hydrogen-bond acceptors (Lipinski definition) is 7. The van der Waals surface area contributed by atoms with Gasteiger partial charge in [-0.25, -0.2) is 0 Å². The molecule has 0 bridgehead atoms. The Morgan fingerprint density at radius 1 is 1.11 bits per heavy atom. The normalized spacial score (nSPS) is 13.3. The molecular weight excluding hydrogens is 588 g/mol. The van der Waals surface area contributed by atoms with Crippen LogP contribution in [-0.4, -0.2) is 79.5 Å². The Morgan fingerprint density at radius 3 is 2.51 bits per heavy atom. The number of anilines is 2. The molecule has 1 amide bonds. The number of hydrogen-bond donors (Lipinski definition) is 4. The summed E-state index contributed by atoms with van der Waals surface area (Å²) < 4.78 is 1.43. The largest absolute Gasteiger partial charge is 0.399 e. The van der Waals surface area contributed by atoms with Crippen LogP contribution in [0.2, 0.25) is 5.02 Å². The predicted molar refractivity (Wildman–Crippen MR) is 186 cm³/mol. The summed E-state index contributed by atoms with van der Waals surface area (Å²) in [6.07, 6.45) is 4.91. The van der Waals surface area contributed by atoms with Crippen LogP contribution in [0.1, 0.15) is 30.4 Å². The minimum absolute atomic E-state index is 0.188. The summed E-state index contributed by atoms with van der Waals surface area (Å²) in [7, 11) is 6.03. The van der Waals surface area contributed by atoms with Gasteiger partial charge in [0.1, 0.15) is 18.1 Å². The Hall–Kier alpha value is -4.28. The standard InChI is InChI=1S/C34H45ClN8O2/c1-5-42(4)19-17-38-33(37-16-18-41(2)3)25-14-12-24(13-15-25)22-39-31(44)23-43-32(26-8-6-9-27(36)20-26)29(35)21-30(34(43)45)40-28-10-7-11-28/h5-6,8-9,12-15,20-21,28,40H,1,7,10-11,16-19,22-23,36H2,2-4H3,(H,37,38)(H,39,44). The second kappa shape index (κ2) is 16.2. The van der Waals surface area contributed by atoms with E-state index in [0.29, 0.717) is 40.7 Å². The molecule has 1 fully saturated rings. The zero-order valence-corrected chi connectivity index (χ0v) is 27.2. The van der Waals surface area contributed by atoms with Crippen molar-refractivity contribution in [2.45, 2.75) is 38.4 Å². The lowest BCUT2D eigenvalue weighted by Gasteiger charge is -2.28. The monoisotopic (exact) mass is 632 g/mol. The summed E-state index contributed by atoms with van der Waals surface area (Å²) in [6, 6.07) is 17.0. The summed E-state index contributed by atoms with van der Waals surface area (Å²) in [6.45, 7) is 6.95. The van der Waals surface area contributed by atoms with E-state index < -0.39 is 0 Å². The van der Waals surface area contributed by atoms with Crippen LogP contribution < -0.4 is 27.2 Å². The molecule has 0 atom stereocenters. The van der Waals surface area contributed by atoms with E-state index in [1.54, 1.807) is 30.5 Å². The summed E-state index contributed by atoms with van der Waals surface area (Å²) in [5, 5.41) is 10.1. The molecule has 0 spiro atoms. The van der Waals surface area contributed by atoms with Gasteiger partial charge in [-0.3, -0.25) is 19.1 Å². The molecule has 0 saturated heterocycles. The number of likely N-dealkylation sites (N-methyl/N-ethyl adjacent to an activating group) is 2. The molecule has 0 radical (unpaired) electrons. The second-order valence-electron chi connectivity index (χ2n) is 11.6. The van der Waals surface area contributed by atoms with Crippen molar-refractivity contribution in [1.82, 2.24) is 25.0 Å². The van der Waals surface area contributed by atoms with Gasteiger partial charge in [0.2, 0.25) is 5.91 Å². The van der Waals surface area contributed by atoms with Gasteiger partial charge in [0, 0.05) is 56.1 Å². The average Bonchev–Trinajstić information content (AvgIpc) is 2.99. The van der Waals surface area contributed by atoms with E-state index in [9.17, 15) is 9.59 Å². The highest BCUT2D eigenvalue weighted by Gasteiger charge is 2.22. The van der Waals surface area contributed by atoms with E-state index in [2.05, 4.69) is 27.4 Å². The Balaban J connectivity index is 1.47. The fourth-order valence-electron chi connectivity index (χ4n) is 4.87. The van der Waals surface area contributed by atoms with Crippen LogP contribution >= 0.6 is 11.6 Å². The topological polar surface area (TPSA) is 120 Å². The number of carbonyl (C=O) groups excluding carboxylic acids is 1. The number of amides is 1. The van der Waals surface area contributed by atoms with E-state index in [1.807, 2.05) is 56.4 Å². The first kappa shape index (κ1) is 33.6. The van der Waals surface area contributed by atoms with E-state index in [0.717, 1.165) is 55.9 Å². The smallest absolute Gasteiger partial charge is 0.274 e. The van der Waals surface area contributed by atoms with Crippen molar-refractivity contribution in [3.05, 3.63) is 93.9 Å². The lowest BCUT2D eigenvalue weighted by atomic mass is 9.93. The number of amidine groups is 1. The van der Waals surface area contributed by atoms with Crippen molar-refractivity contribution in [3.8, 4) is 11.3 Å². The molecule has 5 N–H and O–H groups in total. The molecule has 0 unspecified atom stereocenters. The highest BCUT2D eigenvalue weighted by molar-refractivity contribution is 6.33. The minimum Gasteiger partial charge on any atom is -0.399 e. The molecule has 4 rings (SSSR count). The third-order valence-electron chi connectivity index (χ3n) is 7.77. The van der Waals surface area contributed by atoms with Gasteiger partial charge in [0.15, 0.2) is 0 Å². The van der Waals surface area contributed by atoms with Gasteiger partial charge in [-0.1, -0.05) is 54.6 Å². The first-order valence-corrected chi connectivity index (χ1v) is 15.7. The number of nitrogens with zero attached hydrogens (tertiary/aromatic N) is 4. The number of benzene rings is 2. The van der Waals surface area contributed by atoms with Gasteiger partial charge in [0.25, 0.3) is 5.56 Å². The molecule has 1 saturated carbocycles. The molecule has 1 aliphatic carbocycles. The van der Waals surface area contributed by atoms with E-state index in [4.69, 9.17) is 22.3 Å². The summed E-state index contributed by atoms with van der Waals surface area (Å²) in [5.41, 5.74) is 9.69. The van der Waals surface area contributed by atoms with E-state index in [1.165, 1.54) is 4.57 Å². The quantitative estimate of drug-likeness (QED) is 0.114. The average molecular weight is 633 g/mol. The number of nitrogen functional groups attached to an aromatic ring is 1. The molecule has 240 valence electrons. The molecule has 1 aromatic heterocycles. The van der Waals surface area contributed by atoms with E-state index >= 15 is 0 Å². The van der Waals surface area contributed by atoms with Crippen molar-refractivity contribution in [1.29, 1.82) is 0 Å². The summed E-state index contributed by atoms with van der Waals surface area (Å²) >= 11 is 6.74. The number of pyridine rings is 1. The maximum atomic E-state index is 13.6. The fraction of sp³-hybridized carbons (Fsp3) is 0.382. The molecule has 45 heavy (non-hydrogen) atoms. The zero-order chi connectivity index (χ0) is 32.3. The molecular formula is C34H45ClN8O2. The van der Waals surface area contributed by atoms with Crippen LogP contribution in [0.4, 0.5) is 11.4 Å². The number of nitrogens with two attached hydrogens (primary N) is 1. The number of carbonyl (C=O) groups is 1. The number of nitrogens with one attached hydrogen (secondary N) is 3. The first-order valence-electron chi connectivity index (χ1n) is 15.3. The van der Waals surface area contributed by atoms with Gasteiger partial charge >= 0.3 is 0 Å². The summed E-state index contributed by atoms with van der Waals surface area (Å²) in [4.78, 5) is 35.8. The number of halogens is 1. The van der Waals surface area contributed by atoms with Crippen molar-refractivity contribution < 1.29 is 4.79 Å². The Kier molecular flexibility index (Phi) is 12.1. The van der Waals surface area contributed by atoms with Crippen molar-refractivity contribution in [2.24, 2.45) is 4.99 Å².